The zero-order valence-corrected chi connectivity index (χ0v) is 13.4. The molecule has 0 bridgehead atoms. The van der Waals surface area contributed by atoms with Crippen LogP contribution in [0.1, 0.15) is 31.7 Å². The summed E-state index contributed by atoms with van der Waals surface area (Å²) in [5, 5.41) is 0. The first-order valence-electron chi connectivity index (χ1n) is 7.69. The monoisotopic (exact) mass is 313 g/mol. The van der Waals surface area contributed by atoms with Crippen molar-refractivity contribution in [3.05, 3.63) is 35.6 Å². The van der Waals surface area contributed by atoms with Crippen LogP contribution in [0.5, 0.6) is 0 Å². The van der Waals surface area contributed by atoms with Crippen LogP contribution in [-0.2, 0) is 16.3 Å². The first-order chi connectivity index (χ1) is 10.00. The Morgan fingerprint density at radius 2 is 2.19 bits per heavy atom. The second kappa shape index (κ2) is 7.36. The first kappa shape index (κ1) is 16.4. The Morgan fingerprint density at radius 1 is 1.38 bits per heavy atom. The molecular weight excluding hydrogens is 289 g/mol. The van der Waals surface area contributed by atoms with Gasteiger partial charge in [-0.25, -0.2) is 12.8 Å². The summed E-state index contributed by atoms with van der Waals surface area (Å²) in [6.07, 6.45) is 3.78. The number of likely N-dealkylation sites (tertiary alicyclic amines) is 1. The van der Waals surface area contributed by atoms with Crippen molar-refractivity contribution in [1.29, 1.82) is 0 Å². The highest BCUT2D eigenvalue weighted by Gasteiger charge is 2.24. The molecule has 0 N–H and O–H groups in total. The summed E-state index contributed by atoms with van der Waals surface area (Å²) in [5.41, 5.74) is 1.02. The lowest BCUT2D eigenvalue weighted by molar-refractivity contribution is 0.253. The van der Waals surface area contributed by atoms with Crippen molar-refractivity contribution >= 4 is 9.84 Å². The second-order valence-corrected chi connectivity index (χ2v) is 8.23. The molecule has 118 valence electrons. The summed E-state index contributed by atoms with van der Waals surface area (Å²) >= 11 is 0. The van der Waals surface area contributed by atoms with E-state index in [9.17, 15) is 12.8 Å². The van der Waals surface area contributed by atoms with Crippen molar-refractivity contribution in [3.63, 3.8) is 0 Å². The molecule has 0 unspecified atom stereocenters. The molecule has 1 atom stereocenters. The molecule has 1 saturated heterocycles. The highest BCUT2D eigenvalue weighted by molar-refractivity contribution is 7.91. The first-order valence-corrected chi connectivity index (χ1v) is 9.51. The number of nitrogens with zero attached hydrogens (tertiary/aromatic N) is 1. The normalized spacial score (nSPS) is 20.0. The third-order valence-corrected chi connectivity index (χ3v) is 5.99. The van der Waals surface area contributed by atoms with Crippen molar-refractivity contribution in [2.45, 2.75) is 38.6 Å². The van der Waals surface area contributed by atoms with Crippen LogP contribution < -0.4 is 0 Å². The quantitative estimate of drug-likeness (QED) is 0.776. The smallest absolute Gasteiger partial charge is 0.150 e. The van der Waals surface area contributed by atoms with Gasteiger partial charge in [0.1, 0.15) is 15.7 Å². The van der Waals surface area contributed by atoms with E-state index in [2.05, 4.69) is 4.90 Å². The highest BCUT2D eigenvalue weighted by Crippen LogP contribution is 2.21. The molecule has 1 aromatic rings. The number of rotatable bonds is 7. The van der Waals surface area contributed by atoms with Gasteiger partial charge in [0.25, 0.3) is 0 Å². The van der Waals surface area contributed by atoms with Gasteiger partial charge in [-0.1, -0.05) is 19.1 Å². The Hall–Kier alpha value is -0.940. The van der Waals surface area contributed by atoms with Gasteiger partial charge in [0.05, 0.1) is 5.75 Å². The van der Waals surface area contributed by atoms with Crippen molar-refractivity contribution < 1.29 is 12.8 Å². The minimum atomic E-state index is -2.87. The molecule has 5 heteroatoms. The van der Waals surface area contributed by atoms with Gasteiger partial charge < -0.3 is 4.90 Å². The topological polar surface area (TPSA) is 37.4 Å². The maximum absolute atomic E-state index is 13.2. The van der Waals surface area contributed by atoms with Crippen LogP contribution >= 0.6 is 0 Å². The molecule has 21 heavy (non-hydrogen) atoms. The maximum atomic E-state index is 13.2. The van der Waals surface area contributed by atoms with E-state index in [0.29, 0.717) is 12.5 Å². The van der Waals surface area contributed by atoms with Crippen LogP contribution in [0.15, 0.2) is 24.3 Å². The maximum Gasteiger partial charge on any atom is 0.150 e. The summed E-state index contributed by atoms with van der Waals surface area (Å²) in [4.78, 5) is 2.36. The molecule has 0 amide bonds. The SMILES string of the molecule is CCS(=O)(=O)CCCN1CCC[C@H]1Cc1cccc(F)c1. The fourth-order valence-corrected chi connectivity index (χ4v) is 3.85. The molecule has 0 spiro atoms. The summed E-state index contributed by atoms with van der Waals surface area (Å²) in [5.74, 6) is 0.304. The molecule has 2 rings (SSSR count). The molecular formula is C16H24FNO2S. The minimum absolute atomic E-state index is 0.189. The predicted octanol–water partition coefficient (Wildman–Crippen LogP) is 2.66. The minimum Gasteiger partial charge on any atom is -0.300 e. The van der Waals surface area contributed by atoms with Gasteiger partial charge in [0.2, 0.25) is 0 Å². The Labute approximate surface area is 127 Å². The zero-order valence-electron chi connectivity index (χ0n) is 12.6. The molecule has 0 saturated carbocycles. The average molecular weight is 313 g/mol. The van der Waals surface area contributed by atoms with Gasteiger partial charge in [-0.05, 0) is 56.5 Å². The second-order valence-electron chi connectivity index (χ2n) is 5.76. The lowest BCUT2D eigenvalue weighted by Crippen LogP contribution is -2.33. The van der Waals surface area contributed by atoms with Gasteiger partial charge >= 0.3 is 0 Å². The number of sulfone groups is 1. The molecule has 1 heterocycles. The fourth-order valence-electron chi connectivity index (χ4n) is 2.99. The van der Waals surface area contributed by atoms with Crippen LogP contribution in [-0.4, -0.2) is 44.0 Å². The van der Waals surface area contributed by atoms with Gasteiger partial charge in [0, 0.05) is 11.8 Å². The Morgan fingerprint density at radius 3 is 2.90 bits per heavy atom. The van der Waals surface area contributed by atoms with E-state index in [4.69, 9.17) is 0 Å². The van der Waals surface area contributed by atoms with Crippen LogP contribution in [0.3, 0.4) is 0 Å². The van der Waals surface area contributed by atoms with Crippen LogP contribution in [0, 0.1) is 5.82 Å². The standard InChI is InChI=1S/C16H24FNO2S/c1-2-21(19,20)11-5-10-18-9-4-8-16(18)13-14-6-3-7-15(17)12-14/h3,6-7,12,16H,2,4-5,8-11,13H2,1H3/t16-/m0/s1. The third kappa shape index (κ3) is 5.08. The average Bonchev–Trinajstić information content (AvgIpc) is 2.86. The van der Waals surface area contributed by atoms with E-state index in [-0.39, 0.29) is 17.3 Å². The third-order valence-electron chi connectivity index (χ3n) is 4.20. The van der Waals surface area contributed by atoms with E-state index in [1.54, 1.807) is 19.1 Å². The molecule has 0 radical (unpaired) electrons. The van der Waals surface area contributed by atoms with E-state index >= 15 is 0 Å². The lowest BCUT2D eigenvalue weighted by Gasteiger charge is -2.24. The van der Waals surface area contributed by atoms with E-state index in [1.165, 1.54) is 6.07 Å². The van der Waals surface area contributed by atoms with E-state index in [1.807, 2.05) is 6.07 Å². The largest absolute Gasteiger partial charge is 0.300 e. The molecule has 1 fully saturated rings. The number of hydrogen-bond donors (Lipinski definition) is 0. The van der Waals surface area contributed by atoms with Crippen molar-refractivity contribution in [1.82, 2.24) is 4.90 Å². The summed E-state index contributed by atoms with van der Waals surface area (Å²) in [7, 11) is -2.87. The van der Waals surface area contributed by atoms with E-state index < -0.39 is 9.84 Å². The Bertz CT molecular complexity index is 559. The van der Waals surface area contributed by atoms with Gasteiger partial charge in [-0.15, -0.1) is 0 Å². The Kier molecular flexibility index (Phi) is 5.76. The molecule has 0 aliphatic carbocycles. The van der Waals surface area contributed by atoms with Crippen molar-refractivity contribution in [2.24, 2.45) is 0 Å². The molecule has 0 aromatic heterocycles. The summed E-state index contributed by atoms with van der Waals surface area (Å²) in [6.45, 7) is 3.53. The Balaban J connectivity index is 1.86. The molecule has 1 aromatic carbocycles. The fraction of sp³-hybridized carbons (Fsp3) is 0.625. The summed E-state index contributed by atoms with van der Waals surface area (Å²) < 4.78 is 36.3. The lowest BCUT2D eigenvalue weighted by atomic mass is 10.0. The van der Waals surface area contributed by atoms with Crippen LogP contribution in [0.25, 0.3) is 0 Å². The van der Waals surface area contributed by atoms with Gasteiger partial charge in [-0.2, -0.15) is 0 Å². The number of benzene rings is 1. The van der Waals surface area contributed by atoms with Crippen molar-refractivity contribution in [3.8, 4) is 0 Å². The predicted molar refractivity (Wildman–Crippen MR) is 83.6 cm³/mol. The number of halogens is 1. The molecule has 1 aliphatic heterocycles. The van der Waals surface area contributed by atoms with Crippen LogP contribution in [0.4, 0.5) is 4.39 Å². The van der Waals surface area contributed by atoms with Gasteiger partial charge in [-0.3, -0.25) is 0 Å². The number of hydrogen-bond acceptors (Lipinski definition) is 3. The highest BCUT2D eigenvalue weighted by atomic mass is 32.2. The molecule has 1 aliphatic rings. The van der Waals surface area contributed by atoms with Gasteiger partial charge in [0.15, 0.2) is 0 Å². The van der Waals surface area contributed by atoms with E-state index in [0.717, 1.165) is 37.9 Å². The van der Waals surface area contributed by atoms with Crippen molar-refractivity contribution in [2.75, 3.05) is 24.6 Å². The summed E-state index contributed by atoms with van der Waals surface area (Å²) in [6, 6.07) is 7.18. The van der Waals surface area contributed by atoms with Crippen LogP contribution in [0.2, 0.25) is 0 Å². The molecule has 3 nitrogen and oxygen atoms in total. The zero-order chi connectivity index (χ0) is 15.3.